The van der Waals surface area contributed by atoms with Crippen molar-refractivity contribution >= 4 is 10.8 Å². The van der Waals surface area contributed by atoms with E-state index in [2.05, 4.69) is 19.2 Å². The highest BCUT2D eigenvalue weighted by Gasteiger charge is 2.04. The van der Waals surface area contributed by atoms with Crippen LogP contribution in [0.15, 0.2) is 0 Å². The zero-order chi connectivity index (χ0) is 11.5. The largest absolute Gasteiger partial charge is 0.316 e. The minimum atomic E-state index is -0.611. The number of hydrogen-bond donors (Lipinski definition) is 1. The van der Waals surface area contributed by atoms with Crippen molar-refractivity contribution in [2.24, 2.45) is 5.92 Å². The molecule has 2 unspecified atom stereocenters. The lowest BCUT2D eigenvalue weighted by Gasteiger charge is -2.14. The van der Waals surface area contributed by atoms with Crippen LogP contribution in [0.1, 0.15) is 46.5 Å². The summed E-state index contributed by atoms with van der Waals surface area (Å²) in [7, 11) is -0.611. The SMILES string of the molecule is CCCCC(CC)CNCCS(=O)CC. The van der Waals surface area contributed by atoms with Crippen LogP contribution in [0.3, 0.4) is 0 Å². The molecule has 0 rings (SSSR count). The van der Waals surface area contributed by atoms with Gasteiger partial charge >= 0.3 is 0 Å². The Kier molecular flexibility index (Phi) is 10.7. The third-order valence-electron chi connectivity index (χ3n) is 2.80. The average Bonchev–Trinajstić information content (AvgIpc) is 2.27. The summed E-state index contributed by atoms with van der Waals surface area (Å²) in [5.41, 5.74) is 0. The maximum atomic E-state index is 11.2. The second kappa shape index (κ2) is 10.6. The Bertz CT molecular complexity index is 162. The van der Waals surface area contributed by atoms with Crippen molar-refractivity contribution in [1.29, 1.82) is 0 Å². The Morgan fingerprint density at radius 1 is 1.27 bits per heavy atom. The van der Waals surface area contributed by atoms with E-state index in [1.165, 1.54) is 25.7 Å². The summed E-state index contributed by atoms with van der Waals surface area (Å²) in [5, 5.41) is 3.42. The van der Waals surface area contributed by atoms with Crippen molar-refractivity contribution < 1.29 is 4.21 Å². The quantitative estimate of drug-likeness (QED) is 0.588. The van der Waals surface area contributed by atoms with Crippen molar-refractivity contribution in [3.05, 3.63) is 0 Å². The molecule has 0 amide bonds. The molecule has 0 radical (unpaired) electrons. The summed E-state index contributed by atoms with van der Waals surface area (Å²) in [6, 6.07) is 0. The minimum Gasteiger partial charge on any atom is -0.316 e. The number of hydrogen-bond acceptors (Lipinski definition) is 2. The number of nitrogens with one attached hydrogen (secondary N) is 1. The highest BCUT2D eigenvalue weighted by Crippen LogP contribution is 2.10. The zero-order valence-electron chi connectivity index (χ0n) is 10.6. The van der Waals surface area contributed by atoms with Crippen LogP contribution in [0.4, 0.5) is 0 Å². The van der Waals surface area contributed by atoms with E-state index in [0.29, 0.717) is 0 Å². The molecule has 0 saturated heterocycles. The maximum absolute atomic E-state index is 11.2. The Labute approximate surface area is 97.7 Å². The fourth-order valence-electron chi connectivity index (χ4n) is 1.58. The predicted molar refractivity (Wildman–Crippen MR) is 69.7 cm³/mol. The second-order valence-electron chi connectivity index (χ2n) is 4.05. The normalized spacial score (nSPS) is 15.1. The summed E-state index contributed by atoms with van der Waals surface area (Å²) in [6.45, 7) is 8.48. The van der Waals surface area contributed by atoms with Crippen LogP contribution >= 0.6 is 0 Å². The molecule has 15 heavy (non-hydrogen) atoms. The molecule has 3 heteroatoms. The van der Waals surface area contributed by atoms with Gasteiger partial charge < -0.3 is 5.32 Å². The molecule has 0 aromatic carbocycles. The van der Waals surface area contributed by atoms with Gasteiger partial charge in [0.25, 0.3) is 0 Å². The van der Waals surface area contributed by atoms with Crippen molar-refractivity contribution in [2.75, 3.05) is 24.6 Å². The molecule has 2 atom stereocenters. The molecule has 92 valence electrons. The topological polar surface area (TPSA) is 29.1 Å². The minimum absolute atomic E-state index is 0.611. The van der Waals surface area contributed by atoms with Gasteiger partial charge in [-0.2, -0.15) is 0 Å². The van der Waals surface area contributed by atoms with E-state index in [9.17, 15) is 4.21 Å². The molecule has 0 aliphatic rings. The predicted octanol–water partition coefficient (Wildman–Crippen LogP) is 2.56. The summed E-state index contributed by atoms with van der Waals surface area (Å²) >= 11 is 0. The standard InChI is InChI=1S/C12H27NOS/c1-4-7-8-12(5-2)11-13-9-10-15(14)6-3/h12-13H,4-11H2,1-3H3. The first kappa shape index (κ1) is 15.1. The number of rotatable bonds is 10. The summed E-state index contributed by atoms with van der Waals surface area (Å²) < 4.78 is 11.2. The van der Waals surface area contributed by atoms with Gasteiger partial charge in [-0.1, -0.05) is 40.0 Å². The average molecular weight is 233 g/mol. The lowest BCUT2D eigenvalue weighted by atomic mass is 9.99. The molecular formula is C12H27NOS. The van der Waals surface area contributed by atoms with Gasteiger partial charge in [-0.15, -0.1) is 0 Å². The summed E-state index contributed by atoms with van der Waals surface area (Å²) in [6.07, 6.45) is 5.21. The molecule has 0 bridgehead atoms. The van der Waals surface area contributed by atoms with E-state index in [-0.39, 0.29) is 0 Å². The Morgan fingerprint density at radius 3 is 2.53 bits per heavy atom. The van der Waals surface area contributed by atoms with E-state index >= 15 is 0 Å². The van der Waals surface area contributed by atoms with Crippen LogP contribution in [0.25, 0.3) is 0 Å². The molecule has 0 heterocycles. The smallest absolute Gasteiger partial charge is 0.0359 e. The van der Waals surface area contributed by atoms with Gasteiger partial charge in [0.15, 0.2) is 0 Å². The lowest BCUT2D eigenvalue weighted by Crippen LogP contribution is -2.26. The second-order valence-corrected chi connectivity index (χ2v) is 5.92. The molecule has 1 N–H and O–H groups in total. The van der Waals surface area contributed by atoms with Crippen LogP contribution in [0.2, 0.25) is 0 Å². The third kappa shape index (κ3) is 9.06. The van der Waals surface area contributed by atoms with Crippen LogP contribution in [0.5, 0.6) is 0 Å². The van der Waals surface area contributed by atoms with Gasteiger partial charge in [-0.3, -0.25) is 4.21 Å². The molecular weight excluding hydrogens is 206 g/mol. The van der Waals surface area contributed by atoms with Crippen LogP contribution in [-0.4, -0.2) is 28.8 Å². The monoisotopic (exact) mass is 233 g/mol. The van der Waals surface area contributed by atoms with E-state index in [4.69, 9.17) is 0 Å². The third-order valence-corrected chi connectivity index (χ3v) is 4.11. The highest BCUT2D eigenvalue weighted by atomic mass is 32.2. The Hall–Kier alpha value is 0.110. The first-order valence-corrected chi connectivity index (χ1v) is 7.79. The molecule has 0 fully saturated rings. The van der Waals surface area contributed by atoms with E-state index in [1.807, 2.05) is 6.92 Å². The molecule has 0 spiro atoms. The van der Waals surface area contributed by atoms with E-state index < -0.39 is 10.8 Å². The van der Waals surface area contributed by atoms with Crippen molar-refractivity contribution in [2.45, 2.75) is 46.5 Å². The molecule has 0 aliphatic carbocycles. The first-order valence-electron chi connectivity index (χ1n) is 6.30. The highest BCUT2D eigenvalue weighted by molar-refractivity contribution is 7.84. The fraction of sp³-hybridized carbons (Fsp3) is 1.00. The van der Waals surface area contributed by atoms with E-state index in [0.717, 1.165) is 30.5 Å². The van der Waals surface area contributed by atoms with Crippen molar-refractivity contribution in [3.63, 3.8) is 0 Å². The molecule has 0 aromatic heterocycles. The van der Waals surface area contributed by atoms with Gasteiger partial charge in [0.2, 0.25) is 0 Å². The summed E-state index contributed by atoms with van der Waals surface area (Å²) in [4.78, 5) is 0. The van der Waals surface area contributed by atoms with Crippen LogP contribution in [-0.2, 0) is 10.8 Å². The van der Waals surface area contributed by atoms with Crippen molar-refractivity contribution in [1.82, 2.24) is 5.32 Å². The lowest BCUT2D eigenvalue weighted by molar-refractivity contribution is 0.425. The van der Waals surface area contributed by atoms with Crippen LogP contribution in [0, 0.1) is 5.92 Å². The van der Waals surface area contributed by atoms with Crippen LogP contribution < -0.4 is 5.32 Å². The Morgan fingerprint density at radius 2 is 2.00 bits per heavy atom. The summed E-state index contributed by atoms with van der Waals surface area (Å²) in [5.74, 6) is 2.40. The van der Waals surface area contributed by atoms with Gasteiger partial charge in [0.1, 0.15) is 0 Å². The molecule has 0 aromatic rings. The van der Waals surface area contributed by atoms with Gasteiger partial charge in [0.05, 0.1) is 0 Å². The number of unbranched alkanes of at least 4 members (excludes halogenated alkanes) is 1. The molecule has 2 nitrogen and oxygen atoms in total. The first-order chi connectivity index (χ1) is 7.24. The Balaban J connectivity index is 3.41. The van der Waals surface area contributed by atoms with Gasteiger partial charge in [0, 0.05) is 28.9 Å². The zero-order valence-corrected chi connectivity index (χ0v) is 11.4. The van der Waals surface area contributed by atoms with E-state index in [1.54, 1.807) is 0 Å². The fourth-order valence-corrected chi connectivity index (χ4v) is 2.24. The van der Waals surface area contributed by atoms with Gasteiger partial charge in [-0.05, 0) is 18.9 Å². The molecule has 0 saturated carbocycles. The maximum Gasteiger partial charge on any atom is 0.0359 e. The molecule has 0 aliphatic heterocycles. The van der Waals surface area contributed by atoms with Gasteiger partial charge in [-0.25, -0.2) is 0 Å². The van der Waals surface area contributed by atoms with Crippen molar-refractivity contribution in [3.8, 4) is 0 Å².